The van der Waals surface area contributed by atoms with E-state index in [1.807, 2.05) is 43.6 Å². The molecule has 0 radical (unpaired) electrons. The molecule has 0 saturated carbocycles. The highest BCUT2D eigenvalue weighted by Crippen LogP contribution is 2.20. The summed E-state index contributed by atoms with van der Waals surface area (Å²) < 4.78 is 2.07. The lowest BCUT2D eigenvalue weighted by Crippen LogP contribution is -2.27. The molecule has 2 heterocycles. The zero-order valence-electron chi connectivity index (χ0n) is 13.0. The largest absolute Gasteiger partial charge is 0.395 e. The lowest BCUT2D eigenvalue weighted by molar-refractivity contribution is 0.180. The van der Waals surface area contributed by atoms with Gasteiger partial charge < -0.3 is 9.67 Å². The molecule has 0 aliphatic heterocycles. The van der Waals surface area contributed by atoms with Gasteiger partial charge in [0.15, 0.2) is 0 Å². The van der Waals surface area contributed by atoms with Crippen molar-refractivity contribution in [1.29, 1.82) is 0 Å². The highest BCUT2D eigenvalue weighted by atomic mass is 35.5. The smallest absolute Gasteiger partial charge is 0.123 e. The maximum atomic E-state index is 9.34. The van der Waals surface area contributed by atoms with Gasteiger partial charge in [0.2, 0.25) is 0 Å². The van der Waals surface area contributed by atoms with Crippen LogP contribution >= 0.6 is 11.6 Å². The fraction of sp³-hybridized carbons (Fsp3) is 0.294. The number of benzene rings is 1. The Bertz CT molecular complexity index is 788. The van der Waals surface area contributed by atoms with Gasteiger partial charge >= 0.3 is 0 Å². The molecule has 0 fully saturated rings. The second kappa shape index (κ2) is 7.08. The highest BCUT2D eigenvalue weighted by Gasteiger charge is 2.13. The first-order chi connectivity index (χ1) is 11.2. The third-order valence-electron chi connectivity index (χ3n) is 3.85. The minimum atomic E-state index is 0.107. The fourth-order valence-electron chi connectivity index (χ4n) is 2.67. The van der Waals surface area contributed by atoms with Crippen molar-refractivity contribution in [3.8, 4) is 0 Å². The molecule has 120 valence electrons. The van der Waals surface area contributed by atoms with Crippen molar-refractivity contribution >= 4 is 22.6 Å². The molecule has 0 aliphatic carbocycles. The first-order valence-electron chi connectivity index (χ1n) is 7.50. The molecule has 0 aliphatic rings. The van der Waals surface area contributed by atoms with Gasteiger partial charge in [-0.05, 0) is 29.8 Å². The van der Waals surface area contributed by atoms with E-state index in [-0.39, 0.29) is 6.61 Å². The Morgan fingerprint density at radius 1 is 1.26 bits per heavy atom. The molecule has 23 heavy (non-hydrogen) atoms. The predicted molar refractivity (Wildman–Crippen MR) is 91.2 cm³/mol. The molecule has 5 nitrogen and oxygen atoms in total. The summed E-state index contributed by atoms with van der Waals surface area (Å²) in [5.74, 6) is 0.944. The Balaban J connectivity index is 1.83. The summed E-state index contributed by atoms with van der Waals surface area (Å²) in [5, 5.41) is 10.0. The summed E-state index contributed by atoms with van der Waals surface area (Å²) in [6.45, 7) is 2.06. The quantitative estimate of drug-likeness (QED) is 0.755. The summed E-state index contributed by atoms with van der Waals surface area (Å²) in [6, 6.07) is 9.68. The summed E-state index contributed by atoms with van der Waals surface area (Å²) in [5.41, 5.74) is 3.05. The monoisotopic (exact) mass is 330 g/mol. The van der Waals surface area contributed by atoms with E-state index < -0.39 is 0 Å². The van der Waals surface area contributed by atoms with Crippen LogP contribution in [0.25, 0.3) is 11.0 Å². The molecule has 0 spiro atoms. The number of hydrogen-bond acceptors (Lipinski definition) is 4. The van der Waals surface area contributed by atoms with Crippen LogP contribution in [0.15, 0.2) is 42.7 Å². The van der Waals surface area contributed by atoms with Gasteiger partial charge in [0.1, 0.15) is 5.82 Å². The molecular formula is C17H19ClN4O. The molecule has 0 amide bonds. The van der Waals surface area contributed by atoms with Crippen molar-refractivity contribution < 1.29 is 5.11 Å². The van der Waals surface area contributed by atoms with E-state index in [9.17, 15) is 5.11 Å². The number of nitrogens with zero attached hydrogens (tertiary/aromatic N) is 4. The van der Waals surface area contributed by atoms with Crippen molar-refractivity contribution in [2.24, 2.45) is 7.05 Å². The zero-order valence-corrected chi connectivity index (χ0v) is 13.7. The SMILES string of the molecule is Cn1c(CN(CCO)Cc2cccnc2)nc2cc(Cl)ccc21. The summed E-state index contributed by atoms with van der Waals surface area (Å²) in [7, 11) is 2.00. The Labute approximate surface area is 140 Å². The van der Waals surface area contributed by atoms with Crippen molar-refractivity contribution in [2.75, 3.05) is 13.2 Å². The van der Waals surface area contributed by atoms with Gasteiger partial charge in [-0.3, -0.25) is 9.88 Å². The van der Waals surface area contributed by atoms with Crippen LogP contribution in [-0.4, -0.2) is 37.7 Å². The first kappa shape index (κ1) is 15.9. The van der Waals surface area contributed by atoms with E-state index in [0.29, 0.717) is 18.1 Å². The Morgan fingerprint density at radius 2 is 2.13 bits per heavy atom. The van der Waals surface area contributed by atoms with Crippen molar-refractivity contribution in [2.45, 2.75) is 13.1 Å². The van der Waals surface area contributed by atoms with Crippen LogP contribution in [0, 0.1) is 0 Å². The molecule has 6 heteroatoms. The van der Waals surface area contributed by atoms with Crippen LogP contribution < -0.4 is 0 Å². The third kappa shape index (κ3) is 3.69. The van der Waals surface area contributed by atoms with E-state index in [1.165, 1.54) is 0 Å². The van der Waals surface area contributed by atoms with Gasteiger partial charge in [-0.1, -0.05) is 17.7 Å². The molecule has 2 aromatic heterocycles. The van der Waals surface area contributed by atoms with E-state index >= 15 is 0 Å². The van der Waals surface area contributed by atoms with Gasteiger partial charge in [0.05, 0.1) is 24.2 Å². The van der Waals surface area contributed by atoms with Gasteiger partial charge in [0.25, 0.3) is 0 Å². The standard InChI is InChI=1S/C17H19ClN4O/c1-21-16-5-4-14(18)9-15(16)20-17(21)12-22(7-8-23)11-13-3-2-6-19-10-13/h2-6,9-10,23H,7-8,11-12H2,1H3. The lowest BCUT2D eigenvalue weighted by Gasteiger charge is -2.20. The molecule has 1 N–H and O–H groups in total. The Kier molecular flexibility index (Phi) is 4.91. The maximum absolute atomic E-state index is 9.34. The number of rotatable bonds is 6. The Hall–Kier alpha value is -1.95. The number of aromatic nitrogens is 3. The van der Waals surface area contributed by atoms with Gasteiger partial charge in [-0.2, -0.15) is 0 Å². The van der Waals surface area contributed by atoms with Crippen molar-refractivity contribution in [1.82, 2.24) is 19.4 Å². The highest BCUT2D eigenvalue weighted by molar-refractivity contribution is 6.31. The number of aliphatic hydroxyl groups is 1. The van der Waals surface area contributed by atoms with E-state index in [4.69, 9.17) is 11.6 Å². The number of pyridine rings is 1. The first-order valence-corrected chi connectivity index (χ1v) is 7.88. The summed E-state index contributed by atoms with van der Waals surface area (Å²) >= 11 is 6.04. The minimum Gasteiger partial charge on any atom is -0.395 e. The lowest BCUT2D eigenvalue weighted by atomic mass is 10.2. The topological polar surface area (TPSA) is 54.2 Å². The molecule has 3 aromatic rings. The van der Waals surface area contributed by atoms with Gasteiger partial charge in [-0.15, -0.1) is 0 Å². The molecule has 1 aromatic carbocycles. The second-order valence-corrected chi connectivity index (χ2v) is 5.95. The zero-order chi connectivity index (χ0) is 16.2. The predicted octanol–water partition coefficient (Wildman–Crippen LogP) is 2.62. The molecule has 0 bridgehead atoms. The normalized spacial score (nSPS) is 11.5. The van der Waals surface area contributed by atoms with Crippen LogP contribution in [0.3, 0.4) is 0 Å². The van der Waals surface area contributed by atoms with Crippen LogP contribution in [0.1, 0.15) is 11.4 Å². The molecular weight excluding hydrogens is 312 g/mol. The fourth-order valence-corrected chi connectivity index (χ4v) is 2.84. The summed E-state index contributed by atoms with van der Waals surface area (Å²) in [6.07, 6.45) is 3.61. The summed E-state index contributed by atoms with van der Waals surface area (Å²) in [4.78, 5) is 11.0. The average molecular weight is 331 g/mol. The molecule has 0 saturated heterocycles. The van der Waals surface area contributed by atoms with Crippen LogP contribution in [0.4, 0.5) is 0 Å². The third-order valence-corrected chi connectivity index (χ3v) is 4.08. The van der Waals surface area contributed by atoms with Crippen molar-refractivity contribution in [3.63, 3.8) is 0 Å². The number of hydrogen-bond donors (Lipinski definition) is 1. The number of aliphatic hydroxyl groups excluding tert-OH is 1. The Morgan fingerprint density at radius 3 is 2.87 bits per heavy atom. The van der Waals surface area contributed by atoms with E-state index in [0.717, 1.165) is 29.0 Å². The maximum Gasteiger partial charge on any atom is 0.123 e. The minimum absolute atomic E-state index is 0.107. The van der Waals surface area contributed by atoms with Crippen molar-refractivity contribution in [3.05, 3.63) is 59.1 Å². The van der Waals surface area contributed by atoms with E-state index in [2.05, 4.69) is 19.4 Å². The molecule has 0 atom stereocenters. The molecule has 3 rings (SSSR count). The van der Waals surface area contributed by atoms with Gasteiger partial charge in [0, 0.05) is 37.6 Å². The van der Waals surface area contributed by atoms with E-state index in [1.54, 1.807) is 6.20 Å². The number of fused-ring (bicyclic) bond motifs is 1. The molecule has 0 unspecified atom stereocenters. The van der Waals surface area contributed by atoms with Crippen LogP contribution in [0.2, 0.25) is 5.02 Å². The number of imidazole rings is 1. The average Bonchev–Trinajstić information content (AvgIpc) is 2.84. The number of aryl methyl sites for hydroxylation is 1. The van der Waals surface area contributed by atoms with Crippen LogP contribution in [0.5, 0.6) is 0 Å². The number of halogens is 1. The second-order valence-electron chi connectivity index (χ2n) is 5.52. The van der Waals surface area contributed by atoms with Crippen LogP contribution in [-0.2, 0) is 20.1 Å². The van der Waals surface area contributed by atoms with Gasteiger partial charge in [-0.25, -0.2) is 4.98 Å².